The third-order valence-corrected chi connectivity index (χ3v) is 9.51. The summed E-state index contributed by atoms with van der Waals surface area (Å²) in [7, 11) is 0. The molecule has 0 radical (unpaired) electrons. The molecule has 3 amide bonds. The van der Waals surface area contributed by atoms with Crippen molar-refractivity contribution in [1.82, 2.24) is 20.0 Å². The van der Waals surface area contributed by atoms with Crippen molar-refractivity contribution in [2.24, 2.45) is 23.7 Å². The average Bonchev–Trinajstić information content (AvgIpc) is 3.02. The molecule has 4 aliphatic rings. The Balaban J connectivity index is 0.000000193. The number of nitrogens with zero attached hydrogens (tertiary/aromatic N) is 3. The normalized spacial score (nSPS) is 18.7. The number of rotatable bonds is 6. The molecule has 4 heterocycles. The van der Waals surface area contributed by atoms with Crippen molar-refractivity contribution in [3.05, 3.63) is 71.8 Å². The summed E-state index contributed by atoms with van der Waals surface area (Å²) in [5.41, 5.74) is 2.05. The number of piperidine rings is 2. The molecule has 47 heavy (non-hydrogen) atoms. The molecule has 4 saturated heterocycles. The summed E-state index contributed by atoms with van der Waals surface area (Å²) in [6, 6.07) is 19.6. The van der Waals surface area contributed by atoms with Crippen LogP contribution in [-0.2, 0) is 32.3 Å². The van der Waals surface area contributed by atoms with E-state index < -0.39 is 0 Å². The fourth-order valence-corrected chi connectivity index (χ4v) is 6.44. The van der Waals surface area contributed by atoms with E-state index in [-0.39, 0.29) is 23.3 Å². The maximum Gasteiger partial charge on any atom is 0.410 e. The SMILES string of the molecule is CC(=O)Cl.CC(=O)N1CC(C2CCN(C(=O)OCc3ccccc3)CC2)C1.O=C(OCc1ccccc1)N1CCC(C2CNC2)CC1. The fraction of sp³-hybridized carbons (Fsp3) is 0.556. The van der Waals surface area contributed by atoms with Crippen LogP contribution in [0.5, 0.6) is 0 Å². The summed E-state index contributed by atoms with van der Waals surface area (Å²) in [5, 5.41) is 2.96. The molecule has 4 aliphatic heterocycles. The van der Waals surface area contributed by atoms with Crippen LogP contribution in [0.15, 0.2) is 60.7 Å². The van der Waals surface area contributed by atoms with Crippen LogP contribution in [0.25, 0.3) is 0 Å². The largest absolute Gasteiger partial charge is 0.445 e. The third-order valence-electron chi connectivity index (χ3n) is 9.51. The minimum absolute atomic E-state index is 0.168. The molecule has 0 unspecified atom stereocenters. The number of nitrogens with one attached hydrogen (secondary N) is 1. The van der Waals surface area contributed by atoms with E-state index in [1.165, 1.54) is 6.92 Å². The molecule has 1 N–H and O–H groups in total. The van der Waals surface area contributed by atoms with Gasteiger partial charge in [0, 0.05) is 53.1 Å². The first kappa shape index (κ1) is 36.2. The van der Waals surface area contributed by atoms with Crippen LogP contribution in [0.2, 0.25) is 0 Å². The quantitative estimate of drug-likeness (QED) is 0.403. The van der Waals surface area contributed by atoms with E-state index in [0.717, 1.165) is 101 Å². The van der Waals surface area contributed by atoms with Crippen LogP contribution in [0.3, 0.4) is 0 Å². The zero-order valence-corrected chi connectivity index (χ0v) is 28.4. The van der Waals surface area contributed by atoms with Crippen molar-refractivity contribution in [3.8, 4) is 0 Å². The Hall–Kier alpha value is -3.63. The number of carbonyl (C=O) groups excluding carboxylic acids is 4. The highest BCUT2D eigenvalue weighted by molar-refractivity contribution is 6.62. The van der Waals surface area contributed by atoms with Crippen molar-refractivity contribution >= 4 is 34.9 Å². The van der Waals surface area contributed by atoms with E-state index in [1.54, 1.807) is 11.8 Å². The lowest BCUT2D eigenvalue weighted by Gasteiger charge is -2.45. The Morgan fingerprint density at radius 1 is 0.638 bits per heavy atom. The number of carbonyl (C=O) groups is 4. The molecule has 2 aromatic rings. The molecule has 11 heteroatoms. The fourth-order valence-electron chi connectivity index (χ4n) is 6.44. The predicted molar refractivity (Wildman–Crippen MR) is 180 cm³/mol. The Bertz CT molecular complexity index is 1270. The van der Waals surface area contributed by atoms with Gasteiger partial charge in [-0.15, -0.1) is 0 Å². The minimum Gasteiger partial charge on any atom is -0.445 e. The third kappa shape index (κ3) is 11.8. The number of benzene rings is 2. The first-order valence-electron chi connectivity index (χ1n) is 16.7. The first-order chi connectivity index (χ1) is 22.7. The summed E-state index contributed by atoms with van der Waals surface area (Å²) in [6.45, 7) is 10.9. The van der Waals surface area contributed by atoms with Crippen molar-refractivity contribution < 1.29 is 28.7 Å². The number of hydrogen-bond donors (Lipinski definition) is 1. The van der Waals surface area contributed by atoms with Crippen molar-refractivity contribution in [2.75, 3.05) is 52.4 Å². The van der Waals surface area contributed by atoms with Gasteiger partial charge in [-0.3, -0.25) is 9.59 Å². The van der Waals surface area contributed by atoms with Crippen LogP contribution < -0.4 is 5.32 Å². The lowest BCUT2D eigenvalue weighted by atomic mass is 9.79. The van der Waals surface area contributed by atoms with Gasteiger partial charge in [0.1, 0.15) is 13.2 Å². The summed E-state index contributed by atoms with van der Waals surface area (Å²) >= 11 is 4.64. The van der Waals surface area contributed by atoms with Crippen molar-refractivity contribution in [3.63, 3.8) is 0 Å². The molecule has 0 aromatic heterocycles. The van der Waals surface area contributed by atoms with Gasteiger partial charge in [0.15, 0.2) is 0 Å². The number of ether oxygens (including phenoxy) is 2. The molecule has 256 valence electrons. The van der Waals surface area contributed by atoms with Gasteiger partial charge in [0.05, 0.1) is 0 Å². The molecule has 4 fully saturated rings. The van der Waals surface area contributed by atoms with E-state index >= 15 is 0 Å². The molecule has 0 saturated carbocycles. The van der Waals surface area contributed by atoms with Gasteiger partial charge < -0.3 is 29.5 Å². The summed E-state index contributed by atoms with van der Waals surface area (Å²) in [4.78, 5) is 50.2. The van der Waals surface area contributed by atoms with Crippen molar-refractivity contribution in [2.45, 2.75) is 52.7 Å². The Morgan fingerprint density at radius 2 is 1.02 bits per heavy atom. The minimum atomic E-state index is -0.361. The maximum absolute atomic E-state index is 12.1. The Morgan fingerprint density at radius 3 is 1.36 bits per heavy atom. The molecule has 0 atom stereocenters. The van der Waals surface area contributed by atoms with Crippen molar-refractivity contribution in [1.29, 1.82) is 0 Å². The molecule has 0 spiro atoms. The van der Waals surface area contributed by atoms with E-state index in [1.807, 2.05) is 70.5 Å². The predicted octanol–water partition coefficient (Wildman–Crippen LogP) is 5.54. The lowest BCUT2D eigenvalue weighted by molar-refractivity contribution is -0.136. The Kier molecular flexibility index (Phi) is 14.4. The van der Waals surface area contributed by atoms with E-state index in [2.05, 4.69) is 16.9 Å². The molecule has 0 bridgehead atoms. The molecule has 2 aromatic carbocycles. The zero-order valence-electron chi connectivity index (χ0n) is 27.7. The smallest absolute Gasteiger partial charge is 0.410 e. The number of likely N-dealkylation sites (tertiary alicyclic amines) is 3. The average molecular weight is 669 g/mol. The van der Waals surface area contributed by atoms with Gasteiger partial charge >= 0.3 is 12.2 Å². The highest BCUT2D eigenvalue weighted by Crippen LogP contribution is 2.32. The first-order valence-corrected chi connectivity index (χ1v) is 17.1. The molecule has 0 aliphatic carbocycles. The summed E-state index contributed by atoms with van der Waals surface area (Å²) in [6.07, 6.45) is 3.87. The van der Waals surface area contributed by atoms with Gasteiger partial charge in [-0.05, 0) is 85.2 Å². The van der Waals surface area contributed by atoms with E-state index in [9.17, 15) is 19.2 Å². The van der Waals surface area contributed by atoms with Crippen LogP contribution in [0.1, 0.15) is 50.7 Å². The summed E-state index contributed by atoms with van der Waals surface area (Å²) < 4.78 is 10.8. The highest BCUT2D eigenvalue weighted by Gasteiger charge is 2.37. The Labute approximate surface area is 283 Å². The standard InChI is InChI=1S/C18H24N2O3.C16H22N2O2.C2H3ClO/c1-14(21)20-11-17(12-20)16-7-9-19(10-8-16)18(22)23-13-15-5-3-2-4-6-15;19-16(20-12-13-4-2-1-3-5-13)18-8-6-14(7-9-18)15-10-17-11-15;1-2(3)4/h2-6,16-17H,7-13H2,1H3;1-5,14-15,17H,6-12H2;1H3. The van der Waals surface area contributed by atoms with Crippen LogP contribution in [-0.4, -0.2) is 90.4 Å². The van der Waals surface area contributed by atoms with Crippen LogP contribution >= 0.6 is 11.6 Å². The van der Waals surface area contributed by atoms with Gasteiger partial charge in [0.25, 0.3) is 0 Å². The second kappa shape index (κ2) is 18.6. The monoisotopic (exact) mass is 668 g/mol. The lowest BCUT2D eigenvalue weighted by Crippen LogP contribution is -2.54. The number of halogens is 1. The van der Waals surface area contributed by atoms with E-state index in [0.29, 0.717) is 25.0 Å². The van der Waals surface area contributed by atoms with Crippen LogP contribution in [0.4, 0.5) is 9.59 Å². The number of amides is 3. The molecular formula is C36H49ClN4O6. The summed E-state index contributed by atoms with van der Waals surface area (Å²) in [5.74, 6) is 3.03. The van der Waals surface area contributed by atoms with Gasteiger partial charge in [0.2, 0.25) is 11.1 Å². The molecular weight excluding hydrogens is 620 g/mol. The second-order valence-electron chi connectivity index (χ2n) is 12.8. The molecule has 10 nitrogen and oxygen atoms in total. The van der Waals surface area contributed by atoms with Crippen LogP contribution in [0, 0.1) is 23.7 Å². The van der Waals surface area contributed by atoms with Gasteiger partial charge in [-0.25, -0.2) is 9.59 Å². The topological polar surface area (TPSA) is 108 Å². The highest BCUT2D eigenvalue weighted by atomic mass is 35.5. The zero-order chi connectivity index (χ0) is 33.6. The second-order valence-corrected chi connectivity index (χ2v) is 13.3. The van der Waals surface area contributed by atoms with Gasteiger partial charge in [-0.1, -0.05) is 60.7 Å². The maximum atomic E-state index is 12.1. The van der Waals surface area contributed by atoms with Gasteiger partial charge in [-0.2, -0.15) is 0 Å². The van der Waals surface area contributed by atoms with E-state index in [4.69, 9.17) is 9.47 Å². The number of hydrogen-bond acceptors (Lipinski definition) is 7. The molecule has 6 rings (SSSR count).